The molecule has 0 saturated heterocycles. The predicted molar refractivity (Wildman–Crippen MR) is 111 cm³/mol. The molecule has 2 N–H and O–H groups in total. The molecule has 6 nitrogen and oxygen atoms in total. The van der Waals surface area contributed by atoms with Crippen molar-refractivity contribution in [1.82, 2.24) is 10.3 Å². The van der Waals surface area contributed by atoms with Crippen LogP contribution in [0.2, 0.25) is 0 Å². The molecule has 0 unspecified atom stereocenters. The molecule has 0 radical (unpaired) electrons. The molecule has 2 fully saturated rings. The number of nitrogens with zero attached hydrogens (tertiary/aromatic N) is 1. The van der Waals surface area contributed by atoms with Crippen molar-refractivity contribution in [1.29, 1.82) is 0 Å². The first-order chi connectivity index (χ1) is 14.9. The van der Waals surface area contributed by atoms with E-state index in [-0.39, 0.29) is 46.8 Å². The number of carbonyl (C=O) groups is 2. The molecule has 2 aromatic rings. The van der Waals surface area contributed by atoms with E-state index in [0.717, 1.165) is 38.3 Å². The standard InChI is InChI=1S/C23H25F2N3O3/c1-31-20-10-15(24)7-8-17(20)18-11-21(26-12-19(18)25)28-23(30)14-3-2-4-16(9-14)27-22(29)13-5-6-13/h7-8,10-14,16H,2-6,9H2,1H3,(H,27,29)(H,26,28,30)/t14-,16+/m0/s1. The largest absolute Gasteiger partial charge is 0.496 e. The van der Waals surface area contributed by atoms with Gasteiger partial charge in [-0.25, -0.2) is 13.8 Å². The number of anilines is 1. The lowest BCUT2D eigenvalue weighted by Crippen LogP contribution is -2.41. The zero-order valence-corrected chi connectivity index (χ0v) is 17.3. The zero-order chi connectivity index (χ0) is 22.0. The summed E-state index contributed by atoms with van der Waals surface area (Å²) in [6, 6.07) is 5.22. The van der Waals surface area contributed by atoms with Gasteiger partial charge in [-0.3, -0.25) is 9.59 Å². The molecule has 31 heavy (non-hydrogen) atoms. The molecule has 164 valence electrons. The monoisotopic (exact) mass is 429 g/mol. The number of hydrogen-bond acceptors (Lipinski definition) is 4. The van der Waals surface area contributed by atoms with Gasteiger partial charge in [-0.05, 0) is 50.3 Å². The summed E-state index contributed by atoms with van der Waals surface area (Å²) in [6.45, 7) is 0. The average Bonchev–Trinajstić information content (AvgIpc) is 3.61. The Balaban J connectivity index is 1.46. The number of amides is 2. The minimum atomic E-state index is -0.608. The molecular formula is C23H25F2N3O3. The molecule has 2 aliphatic carbocycles. The van der Waals surface area contributed by atoms with E-state index in [2.05, 4.69) is 15.6 Å². The maximum Gasteiger partial charge on any atom is 0.228 e. The first-order valence-corrected chi connectivity index (χ1v) is 10.5. The molecule has 4 rings (SSSR count). The topological polar surface area (TPSA) is 80.3 Å². The molecule has 1 aromatic heterocycles. The molecule has 0 aliphatic heterocycles. The van der Waals surface area contributed by atoms with Gasteiger partial charge in [0.1, 0.15) is 23.2 Å². The fourth-order valence-corrected chi connectivity index (χ4v) is 4.05. The Labute approximate surface area is 179 Å². The van der Waals surface area contributed by atoms with Gasteiger partial charge in [-0.2, -0.15) is 0 Å². The number of aromatic nitrogens is 1. The van der Waals surface area contributed by atoms with E-state index in [4.69, 9.17) is 4.74 Å². The Kier molecular flexibility index (Phi) is 6.15. The highest BCUT2D eigenvalue weighted by molar-refractivity contribution is 5.92. The van der Waals surface area contributed by atoms with Crippen molar-refractivity contribution in [3.05, 3.63) is 42.1 Å². The van der Waals surface area contributed by atoms with Crippen LogP contribution in [-0.4, -0.2) is 29.9 Å². The number of benzene rings is 1. The summed E-state index contributed by atoms with van der Waals surface area (Å²) in [5, 5.41) is 5.82. The Morgan fingerprint density at radius 2 is 1.84 bits per heavy atom. The van der Waals surface area contributed by atoms with E-state index in [1.54, 1.807) is 0 Å². The van der Waals surface area contributed by atoms with E-state index < -0.39 is 11.6 Å². The van der Waals surface area contributed by atoms with Gasteiger partial charge in [-0.1, -0.05) is 6.42 Å². The van der Waals surface area contributed by atoms with Crippen LogP contribution in [0.5, 0.6) is 5.75 Å². The summed E-state index contributed by atoms with van der Waals surface area (Å²) in [5.41, 5.74) is 0.514. The summed E-state index contributed by atoms with van der Waals surface area (Å²) >= 11 is 0. The van der Waals surface area contributed by atoms with Gasteiger partial charge in [0.2, 0.25) is 11.8 Å². The SMILES string of the molecule is COc1cc(F)ccc1-c1cc(NC(=O)[C@H]2CCC[C@@H](NC(=O)C3CC3)C2)ncc1F. The predicted octanol–water partition coefficient (Wildman–Crippen LogP) is 4.06. The lowest BCUT2D eigenvalue weighted by atomic mass is 9.85. The van der Waals surface area contributed by atoms with E-state index >= 15 is 0 Å². The second-order valence-corrected chi connectivity index (χ2v) is 8.23. The molecule has 2 atom stereocenters. The molecule has 0 spiro atoms. The van der Waals surface area contributed by atoms with E-state index in [0.29, 0.717) is 12.0 Å². The highest BCUT2D eigenvalue weighted by Gasteiger charge is 2.33. The van der Waals surface area contributed by atoms with Crippen molar-refractivity contribution >= 4 is 17.6 Å². The maximum absolute atomic E-state index is 14.4. The summed E-state index contributed by atoms with van der Waals surface area (Å²) in [6.07, 6.45) is 5.92. The van der Waals surface area contributed by atoms with Gasteiger partial charge in [0, 0.05) is 35.1 Å². The second-order valence-electron chi connectivity index (χ2n) is 8.23. The third kappa shape index (κ3) is 5.00. The van der Waals surface area contributed by atoms with Gasteiger partial charge in [-0.15, -0.1) is 0 Å². The molecular weight excluding hydrogens is 404 g/mol. The van der Waals surface area contributed by atoms with Gasteiger partial charge in [0.15, 0.2) is 0 Å². The van der Waals surface area contributed by atoms with Gasteiger partial charge in [0.25, 0.3) is 0 Å². The number of hydrogen-bond donors (Lipinski definition) is 2. The van der Waals surface area contributed by atoms with Crippen molar-refractivity contribution in [2.45, 2.75) is 44.6 Å². The number of nitrogens with one attached hydrogen (secondary N) is 2. The van der Waals surface area contributed by atoms with Crippen LogP contribution in [0, 0.1) is 23.5 Å². The number of methoxy groups -OCH3 is 1. The molecule has 1 heterocycles. The average molecular weight is 429 g/mol. The molecule has 0 bridgehead atoms. The molecule has 2 saturated carbocycles. The molecule has 1 aromatic carbocycles. The first-order valence-electron chi connectivity index (χ1n) is 10.5. The lowest BCUT2D eigenvalue weighted by Gasteiger charge is -2.29. The summed E-state index contributed by atoms with van der Waals surface area (Å²) in [7, 11) is 1.38. The summed E-state index contributed by atoms with van der Waals surface area (Å²) in [5.74, 6) is -0.951. The lowest BCUT2D eigenvalue weighted by molar-refractivity contribution is -0.125. The highest BCUT2D eigenvalue weighted by atomic mass is 19.1. The smallest absolute Gasteiger partial charge is 0.228 e. The summed E-state index contributed by atoms with van der Waals surface area (Å²) < 4.78 is 33.1. The van der Waals surface area contributed by atoms with Crippen LogP contribution in [-0.2, 0) is 9.59 Å². The fourth-order valence-electron chi connectivity index (χ4n) is 4.05. The number of halogens is 2. The minimum Gasteiger partial charge on any atom is -0.496 e. The molecule has 2 aliphatic rings. The number of carbonyl (C=O) groups excluding carboxylic acids is 2. The van der Waals surface area contributed by atoms with Crippen molar-refractivity contribution in [3.63, 3.8) is 0 Å². The second kappa shape index (κ2) is 8.99. The third-order valence-electron chi connectivity index (χ3n) is 5.90. The number of pyridine rings is 1. The normalized spacial score (nSPS) is 20.7. The van der Waals surface area contributed by atoms with E-state index in [9.17, 15) is 18.4 Å². The van der Waals surface area contributed by atoms with Crippen LogP contribution in [0.3, 0.4) is 0 Å². The number of rotatable bonds is 6. The van der Waals surface area contributed by atoms with Gasteiger partial charge >= 0.3 is 0 Å². The van der Waals surface area contributed by atoms with E-state index in [1.165, 1.54) is 31.4 Å². The van der Waals surface area contributed by atoms with Crippen LogP contribution in [0.25, 0.3) is 11.1 Å². The van der Waals surface area contributed by atoms with Crippen LogP contribution in [0.1, 0.15) is 38.5 Å². The van der Waals surface area contributed by atoms with Crippen LogP contribution < -0.4 is 15.4 Å². The Hall–Kier alpha value is -3.03. The summed E-state index contributed by atoms with van der Waals surface area (Å²) in [4.78, 5) is 28.8. The quantitative estimate of drug-likeness (QED) is 0.726. The fraction of sp³-hybridized carbons (Fsp3) is 0.435. The van der Waals surface area contributed by atoms with Gasteiger partial charge in [0.05, 0.1) is 13.3 Å². The number of ether oxygens (including phenoxy) is 1. The highest BCUT2D eigenvalue weighted by Crippen LogP contribution is 2.34. The van der Waals surface area contributed by atoms with E-state index in [1.807, 2.05) is 0 Å². The van der Waals surface area contributed by atoms with Crippen molar-refractivity contribution in [2.24, 2.45) is 11.8 Å². The zero-order valence-electron chi connectivity index (χ0n) is 17.3. The van der Waals surface area contributed by atoms with Crippen molar-refractivity contribution in [2.75, 3.05) is 12.4 Å². The molecule has 2 amide bonds. The maximum atomic E-state index is 14.4. The van der Waals surface area contributed by atoms with Gasteiger partial charge < -0.3 is 15.4 Å². The van der Waals surface area contributed by atoms with Crippen molar-refractivity contribution < 1.29 is 23.1 Å². The van der Waals surface area contributed by atoms with Crippen LogP contribution in [0.15, 0.2) is 30.5 Å². The minimum absolute atomic E-state index is 0.00202. The Bertz CT molecular complexity index is 994. The van der Waals surface area contributed by atoms with Crippen LogP contribution >= 0.6 is 0 Å². The molecule has 8 heteroatoms. The Morgan fingerprint density at radius 3 is 2.58 bits per heavy atom. The Morgan fingerprint density at radius 1 is 1.03 bits per heavy atom. The van der Waals surface area contributed by atoms with Crippen LogP contribution in [0.4, 0.5) is 14.6 Å². The third-order valence-corrected chi connectivity index (χ3v) is 5.90. The first kappa shape index (κ1) is 21.2. The van der Waals surface area contributed by atoms with Crippen molar-refractivity contribution in [3.8, 4) is 16.9 Å².